The van der Waals surface area contributed by atoms with E-state index in [1.807, 2.05) is 23.2 Å². The number of hydrogen-bond acceptors (Lipinski definition) is 8. The van der Waals surface area contributed by atoms with E-state index in [0.717, 1.165) is 48.7 Å². The fourth-order valence-electron chi connectivity index (χ4n) is 4.32. The van der Waals surface area contributed by atoms with Crippen molar-refractivity contribution in [2.24, 2.45) is 0 Å². The number of hydrogen-bond donors (Lipinski definition) is 0. The van der Waals surface area contributed by atoms with Gasteiger partial charge in [0.1, 0.15) is 5.69 Å². The van der Waals surface area contributed by atoms with Crippen LogP contribution < -0.4 is 4.90 Å². The Labute approximate surface area is 186 Å². The first kappa shape index (κ1) is 20.4. The minimum absolute atomic E-state index is 0.0873. The van der Waals surface area contributed by atoms with E-state index in [1.54, 1.807) is 24.8 Å². The summed E-state index contributed by atoms with van der Waals surface area (Å²) in [7, 11) is 0. The Hall–Kier alpha value is -3.46. The van der Waals surface area contributed by atoms with Gasteiger partial charge >= 0.3 is 0 Å². The first-order valence-corrected chi connectivity index (χ1v) is 10.9. The highest BCUT2D eigenvalue weighted by Gasteiger charge is 2.30. The van der Waals surface area contributed by atoms with Crippen molar-refractivity contribution in [2.75, 3.05) is 44.3 Å². The second kappa shape index (κ2) is 9.35. The van der Waals surface area contributed by atoms with Gasteiger partial charge < -0.3 is 14.5 Å². The monoisotopic (exact) mass is 431 g/mol. The molecule has 32 heavy (non-hydrogen) atoms. The highest BCUT2D eigenvalue weighted by Crippen LogP contribution is 2.34. The molecule has 5 rings (SSSR count). The van der Waals surface area contributed by atoms with E-state index in [-0.39, 0.29) is 11.8 Å². The van der Waals surface area contributed by atoms with Gasteiger partial charge in [0.15, 0.2) is 0 Å². The van der Waals surface area contributed by atoms with Gasteiger partial charge in [-0.05, 0) is 30.5 Å². The van der Waals surface area contributed by atoms with Crippen LogP contribution >= 0.6 is 0 Å². The first-order chi connectivity index (χ1) is 15.8. The summed E-state index contributed by atoms with van der Waals surface area (Å²) in [6.45, 7) is 4.19. The third-order valence-corrected chi connectivity index (χ3v) is 5.97. The lowest BCUT2D eigenvalue weighted by atomic mass is 9.90. The summed E-state index contributed by atoms with van der Waals surface area (Å²) in [5.74, 6) is 0.740. The summed E-state index contributed by atoms with van der Waals surface area (Å²) < 4.78 is 5.48. The van der Waals surface area contributed by atoms with Crippen molar-refractivity contribution in [2.45, 2.75) is 18.8 Å². The van der Waals surface area contributed by atoms with E-state index >= 15 is 0 Å². The lowest BCUT2D eigenvalue weighted by Crippen LogP contribution is -2.40. The van der Waals surface area contributed by atoms with E-state index in [4.69, 9.17) is 9.72 Å². The molecule has 1 unspecified atom stereocenters. The Morgan fingerprint density at radius 3 is 2.59 bits per heavy atom. The Kier molecular flexibility index (Phi) is 5.98. The fourth-order valence-corrected chi connectivity index (χ4v) is 4.32. The molecule has 9 nitrogen and oxygen atoms in total. The summed E-state index contributed by atoms with van der Waals surface area (Å²) in [6, 6.07) is 3.95. The summed E-state index contributed by atoms with van der Waals surface area (Å²) >= 11 is 0. The van der Waals surface area contributed by atoms with Crippen LogP contribution in [-0.2, 0) is 4.74 Å². The number of morpholine rings is 1. The molecule has 0 N–H and O–H groups in total. The molecule has 0 bridgehead atoms. The highest BCUT2D eigenvalue weighted by molar-refractivity contribution is 5.92. The Morgan fingerprint density at radius 1 is 0.969 bits per heavy atom. The molecule has 1 atom stereocenters. The summed E-state index contributed by atoms with van der Waals surface area (Å²) in [5, 5.41) is 0. The maximum absolute atomic E-state index is 13.0. The van der Waals surface area contributed by atoms with Gasteiger partial charge in [0.25, 0.3) is 5.91 Å². The van der Waals surface area contributed by atoms with Crippen molar-refractivity contribution in [1.82, 2.24) is 29.8 Å². The van der Waals surface area contributed by atoms with Crippen molar-refractivity contribution in [1.29, 1.82) is 0 Å². The normalized spacial score (nSPS) is 19.1. The van der Waals surface area contributed by atoms with Crippen LogP contribution in [0.2, 0.25) is 0 Å². The standard InChI is InChI=1S/C23H25N7O2/c31-22(20-15-25-7-8-26-20)30-9-1-2-18(16-30)21-19(17-3-5-24-6-4-17)14-27-23(28-21)29-10-12-32-13-11-29/h3-8,14-15,18H,1-2,9-13,16H2. The number of piperidine rings is 1. The molecule has 2 aliphatic heterocycles. The molecule has 0 aliphatic carbocycles. The third kappa shape index (κ3) is 4.29. The molecule has 0 saturated carbocycles. The third-order valence-electron chi connectivity index (χ3n) is 5.97. The quantitative estimate of drug-likeness (QED) is 0.620. The van der Waals surface area contributed by atoms with Crippen LogP contribution in [0.1, 0.15) is 34.9 Å². The number of aromatic nitrogens is 5. The van der Waals surface area contributed by atoms with E-state index in [9.17, 15) is 4.79 Å². The number of nitrogens with zero attached hydrogens (tertiary/aromatic N) is 7. The molecule has 2 fully saturated rings. The number of anilines is 1. The fraction of sp³-hybridized carbons (Fsp3) is 0.391. The second-order valence-corrected chi connectivity index (χ2v) is 7.99. The molecule has 0 spiro atoms. The number of carbonyl (C=O) groups is 1. The average Bonchev–Trinajstić information content (AvgIpc) is 2.89. The molecule has 9 heteroatoms. The zero-order valence-corrected chi connectivity index (χ0v) is 17.8. The number of likely N-dealkylation sites (tertiary alicyclic amines) is 1. The molecule has 164 valence electrons. The van der Waals surface area contributed by atoms with Gasteiger partial charge in [0.05, 0.1) is 25.1 Å². The minimum atomic E-state index is -0.0873. The van der Waals surface area contributed by atoms with E-state index in [1.165, 1.54) is 6.20 Å². The zero-order valence-electron chi connectivity index (χ0n) is 17.8. The van der Waals surface area contributed by atoms with E-state index in [2.05, 4.69) is 24.8 Å². The van der Waals surface area contributed by atoms with Crippen molar-refractivity contribution >= 4 is 11.9 Å². The number of carbonyl (C=O) groups excluding carboxylic acids is 1. The molecule has 3 aromatic rings. The number of pyridine rings is 1. The molecule has 1 amide bonds. The van der Waals surface area contributed by atoms with Crippen molar-refractivity contribution < 1.29 is 9.53 Å². The zero-order chi connectivity index (χ0) is 21.8. The lowest BCUT2D eigenvalue weighted by molar-refractivity contribution is 0.0699. The molecule has 5 heterocycles. The van der Waals surface area contributed by atoms with Gasteiger partial charge in [-0.15, -0.1) is 0 Å². The lowest BCUT2D eigenvalue weighted by Gasteiger charge is -2.34. The second-order valence-electron chi connectivity index (χ2n) is 7.99. The van der Waals surface area contributed by atoms with Crippen LogP contribution in [-0.4, -0.2) is 75.1 Å². The van der Waals surface area contributed by atoms with Crippen LogP contribution in [0.25, 0.3) is 11.1 Å². The van der Waals surface area contributed by atoms with Crippen molar-refractivity contribution in [3.63, 3.8) is 0 Å². The summed E-state index contributed by atoms with van der Waals surface area (Å²) in [4.78, 5) is 39.1. The van der Waals surface area contributed by atoms with Gasteiger partial charge in [-0.3, -0.25) is 14.8 Å². The molecular weight excluding hydrogens is 406 g/mol. The SMILES string of the molecule is O=C(c1cnccn1)N1CCCC(c2nc(N3CCOCC3)ncc2-c2ccncc2)C1. The molecular formula is C23H25N7O2. The van der Waals surface area contributed by atoms with Gasteiger partial charge in [0.2, 0.25) is 5.95 Å². The molecule has 0 radical (unpaired) electrons. The number of amides is 1. The Bertz CT molecular complexity index is 1060. The van der Waals surface area contributed by atoms with Crippen molar-refractivity contribution in [3.05, 3.63) is 60.7 Å². The topological polar surface area (TPSA) is 97.2 Å². The predicted octanol–water partition coefficient (Wildman–Crippen LogP) is 2.18. The van der Waals surface area contributed by atoms with Crippen LogP contribution in [0, 0.1) is 0 Å². The molecule has 3 aromatic heterocycles. The van der Waals surface area contributed by atoms with Gasteiger partial charge in [-0.25, -0.2) is 15.0 Å². The van der Waals surface area contributed by atoms with Crippen molar-refractivity contribution in [3.8, 4) is 11.1 Å². The maximum Gasteiger partial charge on any atom is 0.274 e. The van der Waals surface area contributed by atoms with Crippen LogP contribution in [0.4, 0.5) is 5.95 Å². The van der Waals surface area contributed by atoms with Crippen LogP contribution in [0.3, 0.4) is 0 Å². The average molecular weight is 432 g/mol. The molecule has 0 aromatic carbocycles. The van der Waals surface area contributed by atoms with Crippen LogP contribution in [0.15, 0.2) is 49.3 Å². The molecule has 2 saturated heterocycles. The predicted molar refractivity (Wildman–Crippen MR) is 118 cm³/mol. The first-order valence-electron chi connectivity index (χ1n) is 10.9. The summed E-state index contributed by atoms with van der Waals surface area (Å²) in [5.41, 5.74) is 3.37. The number of rotatable bonds is 4. The van der Waals surface area contributed by atoms with E-state index in [0.29, 0.717) is 32.0 Å². The molecule has 2 aliphatic rings. The Morgan fingerprint density at radius 2 is 1.81 bits per heavy atom. The number of ether oxygens (including phenoxy) is 1. The van der Waals surface area contributed by atoms with Gasteiger partial charge in [-0.1, -0.05) is 0 Å². The largest absolute Gasteiger partial charge is 0.378 e. The summed E-state index contributed by atoms with van der Waals surface area (Å²) in [6.07, 6.45) is 12.0. The smallest absolute Gasteiger partial charge is 0.274 e. The minimum Gasteiger partial charge on any atom is -0.378 e. The van der Waals surface area contributed by atoms with Gasteiger partial charge in [-0.2, -0.15) is 0 Å². The van der Waals surface area contributed by atoms with Gasteiger partial charge in [0, 0.05) is 68.6 Å². The Balaban J connectivity index is 1.47. The van der Waals surface area contributed by atoms with E-state index < -0.39 is 0 Å². The highest BCUT2D eigenvalue weighted by atomic mass is 16.5. The maximum atomic E-state index is 13.0. The van der Waals surface area contributed by atoms with Crippen LogP contribution in [0.5, 0.6) is 0 Å².